The van der Waals surface area contributed by atoms with Gasteiger partial charge < -0.3 is 14.5 Å². The molecule has 10 heteroatoms. The lowest BCUT2D eigenvalue weighted by molar-refractivity contribution is -0.394. The lowest BCUT2D eigenvalue weighted by Crippen LogP contribution is -2.01. The molecular formula is C11H7ClN6O3. The molecular weight excluding hydrogens is 300 g/mol. The highest BCUT2D eigenvalue weighted by atomic mass is 35.5. The predicted octanol–water partition coefficient (Wildman–Crippen LogP) is 1.94. The number of nitro groups is 1. The summed E-state index contributed by atoms with van der Waals surface area (Å²) in [6.45, 7) is 0.0986. The quantitative estimate of drug-likeness (QED) is 0.534. The standard InChI is InChI=1S/C11H7ClN6O3/c12-8-3-1-7(2-4-8)10-15-14-9(21-10)5-17-6-13-11(16-17)18(19)20/h1-4,6H,5H2. The van der Waals surface area contributed by atoms with Gasteiger partial charge in [0.2, 0.25) is 18.1 Å². The first-order chi connectivity index (χ1) is 10.1. The second-order valence-electron chi connectivity index (χ2n) is 4.01. The van der Waals surface area contributed by atoms with Crippen LogP contribution in [-0.4, -0.2) is 29.9 Å². The third-order valence-electron chi connectivity index (χ3n) is 2.54. The van der Waals surface area contributed by atoms with Gasteiger partial charge in [-0.25, -0.2) is 0 Å². The molecule has 0 spiro atoms. The number of rotatable bonds is 4. The Morgan fingerprint density at radius 1 is 1.29 bits per heavy atom. The predicted molar refractivity (Wildman–Crippen MR) is 70.5 cm³/mol. The number of benzene rings is 1. The van der Waals surface area contributed by atoms with E-state index < -0.39 is 10.9 Å². The van der Waals surface area contributed by atoms with E-state index in [9.17, 15) is 10.1 Å². The Morgan fingerprint density at radius 3 is 2.71 bits per heavy atom. The lowest BCUT2D eigenvalue weighted by Gasteiger charge is -1.94. The first-order valence-corrected chi connectivity index (χ1v) is 6.12. The van der Waals surface area contributed by atoms with Crippen LogP contribution in [0.5, 0.6) is 0 Å². The van der Waals surface area contributed by atoms with E-state index in [0.29, 0.717) is 10.9 Å². The highest BCUT2D eigenvalue weighted by Gasteiger charge is 2.16. The molecule has 0 aliphatic carbocycles. The monoisotopic (exact) mass is 306 g/mol. The second kappa shape index (κ2) is 5.29. The highest BCUT2D eigenvalue weighted by Crippen LogP contribution is 2.20. The Balaban J connectivity index is 1.78. The fraction of sp³-hybridized carbons (Fsp3) is 0.0909. The molecule has 21 heavy (non-hydrogen) atoms. The van der Waals surface area contributed by atoms with Gasteiger partial charge >= 0.3 is 5.95 Å². The van der Waals surface area contributed by atoms with E-state index in [1.54, 1.807) is 24.3 Å². The van der Waals surface area contributed by atoms with Crippen molar-refractivity contribution >= 4 is 17.5 Å². The topological polar surface area (TPSA) is 113 Å². The molecule has 9 nitrogen and oxygen atoms in total. The van der Waals surface area contributed by atoms with Gasteiger partial charge in [0, 0.05) is 15.7 Å². The molecule has 0 aliphatic heterocycles. The molecule has 0 unspecified atom stereocenters. The van der Waals surface area contributed by atoms with Crippen molar-refractivity contribution in [3.8, 4) is 11.5 Å². The Kier molecular flexibility index (Phi) is 3.32. The molecule has 2 aromatic heterocycles. The van der Waals surface area contributed by atoms with Crippen molar-refractivity contribution in [1.82, 2.24) is 25.0 Å². The van der Waals surface area contributed by atoms with E-state index in [2.05, 4.69) is 20.3 Å². The van der Waals surface area contributed by atoms with Gasteiger partial charge in [0.1, 0.15) is 6.54 Å². The van der Waals surface area contributed by atoms with Crippen molar-refractivity contribution in [2.45, 2.75) is 6.54 Å². The first kappa shape index (κ1) is 13.2. The Bertz CT molecular complexity index is 781. The SMILES string of the molecule is O=[N+]([O-])c1ncn(Cc2nnc(-c3ccc(Cl)cc3)o2)n1. The van der Waals surface area contributed by atoms with Gasteiger partial charge in [-0.3, -0.25) is 0 Å². The van der Waals surface area contributed by atoms with E-state index in [1.165, 1.54) is 11.0 Å². The van der Waals surface area contributed by atoms with Crippen LogP contribution in [0.15, 0.2) is 35.0 Å². The van der Waals surface area contributed by atoms with Gasteiger partial charge in [-0.05, 0) is 29.2 Å². The Labute approximate surface area is 122 Å². The number of halogens is 1. The van der Waals surface area contributed by atoms with Crippen LogP contribution in [0.3, 0.4) is 0 Å². The minimum absolute atomic E-state index is 0.0986. The molecule has 0 aliphatic rings. The molecule has 106 valence electrons. The zero-order valence-electron chi connectivity index (χ0n) is 10.4. The van der Waals surface area contributed by atoms with Gasteiger partial charge in [0.15, 0.2) is 0 Å². The van der Waals surface area contributed by atoms with Crippen LogP contribution in [0, 0.1) is 10.1 Å². The minimum atomic E-state index is -0.677. The molecule has 3 rings (SSSR count). The summed E-state index contributed by atoms with van der Waals surface area (Å²) in [6, 6.07) is 6.92. The minimum Gasteiger partial charge on any atom is -0.419 e. The molecule has 1 aromatic carbocycles. The maximum Gasteiger partial charge on any atom is 0.490 e. The van der Waals surface area contributed by atoms with Crippen LogP contribution in [0.1, 0.15) is 5.89 Å². The van der Waals surface area contributed by atoms with Crippen molar-refractivity contribution < 1.29 is 9.34 Å². The van der Waals surface area contributed by atoms with Crippen LogP contribution in [0.2, 0.25) is 5.02 Å². The summed E-state index contributed by atoms with van der Waals surface area (Å²) >= 11 is 5.80. The molecule has 2 heterocycles. The summed E-state index contributed by atoms with van der Waals surface area (Å²) in [5, 5.41) is 22.5. The molecule has 0 N–H and O–H groups in total. The number of hydrogen-bond donors (Lipinski definition) is 0. The van der Waals surface area contributed by atoms with E-state index in [-0.39, 0.29) is 12.4 Å². The number of hydrogen-bond acceptors (Lipinski definition) is 7. The summed E-state index contributed by atoms with van der Waals surface area (Å²) in [5.74, 6) is 0.114. The van der Waals surface area contributed by atoms with Gasteiger partial charge in [0.05, 0.1) is 0 Å². The molecule has 3 aromatic rings. The zero-order chi connectivity index (χ0) is 14.8. The van der Waals surface area contributed by atoms with E-state index in [1.807, 2.05) is 0 Å². The largest absolute Gasteiger partial charge is 0.490 e. The van der Waals surface area contributed by atoms with Gasteiger partial charge in [-0.2, -0.15) is 4.68 Å². The summed E-state index contributed by atoms with van der Waals surface area (Å²) in [4.78, 5) is 13.3. The van der Waals surface area contributed by atoms with Crippen LogP contribution in [-0.2, 0) is 6.54 Å². The average molecular weight is 307 g/mol. The van der Waals surface area contributed by atoms with Crippen molar-refractivity contribution in [2.75, 3.05) is 0 Å². The van der Waals surface area contributed by atoms with Crippen LogP contribution < -0.4 is 0 Å². The van der Waals surface area contributed by atoms with Crippen LogP contribution in [0.4, 0.5) is 5.95 Å². The average Bonchev–Trinajstić information content (AvgIpc) is 3.10. The van der Waals surface area contributed by atoms with E-state index in [0.717, 1.165) is 5.56 Å². The van der Waals surface area contributed by atoms with Crippen molar-refractivity contribution in [3.63, 3.8) is 0 Å². The van der Waals surface area contributed by atoms with Gasteiger partial charge in [-0.1, -0.05) is 16.6 Å². The molecule has 0 amide bonds. The Hall–Kier alpha value is -2.81. The fourth-order valence-corrected chi connectivity index (χ4v) is 1.74. The molecule has 0 radical (unpaired) electrons. The summed E-state index contributed by atoms with van der Waals surface area (Å²) in [7, 11) is 0. The maximum atomic E-state index is 10.5. The summed E-state index contributed by atoms with van der Waals surface area (Å²) in [6.07, 6.45) is 1.23. The summed E-state index contributed by atoms with van der Waals surface area (Å²) < 4.78 is 6.71. The molecule has 0 bridgehead atoms. The molecule has 0 saturated carbocycles. The first-order valence-electron chi connectivity index (χ1n) is 5.74. The van der Waals surface area contributed by atoms with Gasteiger partial charge in [-0.15, -0.1) is 10.2 Å². The molecule has 0 saturated heterocycles. The normalized spacial score (nSPS) is 10.7. The Morgan fingerprint density at radius 2 is 2.05 bits per heavy atom. The summed E-state index contributed by atoms with van der Waals surface area (Å²) in [5.41, 5.74) is 0.725. The maximum absolute atomic E-state index is 10.5. The number of nitrogens with zero attached hydrogens (tertiary/aromatic N) is 6. The third-order valence-corrected chi connectivity index (χ3v) is 2.79. The lowest BCUT2D eigenvalue weighted by atomic mass is 10.2. The molecule has 0 fully saturated rings. The van der Waals surface area contributed by atoms with E-state index in [4.69, 9.17) is 16.0 Å². The van der Waals surface area contributed by atoms with Crippen molar-refractivity contribution in [2.24, 2.45) is 0 Å². The fourth-order valence-electron chi connectivity index (χ4n) is 1.61. The van der Waals surface area contributed by atoms with E-state index >= 15 is 0 Å². The highest BCUT2D eigenvalue weighted by molar-refractivity contribution is 6.30. The third kappa shape index (κ3) is 2.87. The van der Waals surface area contributed by atoms with Gasteiger partial charge in [0.25, 0.3) is 0 Å². The molecule has 0 atom stereocenters. The van der Waals surface area contributed by atoms with Crippen LogP contribution in [0.25, 0.3) is 11.5 Å². The zero-order valence-corrected chi connectivity index (χ0v) is 11.1. The van der Waals surface area contributed by atoms with Crippen molar-refractivity contribution in [1.29, 1.82) is 0 Å². The number of aromatic nitrogens is 5. The second-order valence-corrected chi connectivity index (χ2v) is 4.44. The van der Waals surface area contributed by atoms with Crippen LogP contribution >= 0.6 is 11.6 Å². The smallest absolute Gasteiger partial charge is 0.419 e. The van der Waals surface area contributed by atoms with Crippen molar-refractivity contribution in [3.05, 3.63) is 51.6 Å².